The van der Waals surface area contributed by atoms with Crippen LogP contribution in [0.2, 0.25) is 0 Å². The Morgan fingerprint density at radius 1 is 1.14 bits per heavy atom. The lowest BCUT2D eigenvalue weighted by Gasteiger charge is -2.25. The summed E-state index contributed by atoms with van der Waals surface area (Å²) in [5.41, 5.74) is 1.93. The van der Waals surface area contributed by atoms with Crippen LogP contribution >= 0.6 is 0 Å². The lowest BCUT2D eigenvalue weighted by Crippen LogP contribution is -2.24. The van der Waals surface area contributed by atoms with E-state index in [0.29, 0.717) is 11.7 Å². The van der Waals surface area contributed by atoms with Crippen molar-refractivity contribution in [1.29, 1.82) is 0 Å². The van der Waals surface area contributed by atoms with E-state index in [1.807, 2.05) is 24.3 Å². The molecular weight excluding hydrogens is 280 g/mol. The van der Waals surface area contributed by atoms with Gasteiger partial charge in [-0.1, -0.05) is 12.1 Å². The van der Waals surface area contributed by atoms with Crippen LogP contribution in [-0.4, -0.2) is 38.9 Å². The minimum atomic E-state index is 0.326. The number of ether oxygens (including phenoxy) is 1. The molecule has 1 aliphatic rings. The number of fused-ring (bicyclic) bond motifs is 1. The zero-order chi connectivity index (χ0) is 14.9. The summed E-state index contributed by atoms with van der Waals surface area (Å²) in [7, 11) is 1.68. The maximum atomic E-state index is 5.23. The predicted octanol–water partition coefficient (Wildman–Crippen LogP) is 1.87. The molecule has 1 saturated heterocycles. The Bertz CT molecular complexity index is 784. The molecule has 22 heavy (non-hydrogen) atoms. The highest BCUT2D eigenvalue weighted by molar-refractivity contribution is 5.48. The second-order valence-corrected chi connectivity index (χ2v) is 5.34. The third-order valence-electron chi connectivity index (χ3n) is 4.10. The number of methoxy groups -OCH3 is 1. The highest BCUT2D eigenvalue weighted by Gasteiger charge is 2.27. The summed E-state index contributed by atoms with van der Waals surface area (Å²) >= 11 is 0. The molecule has 0 aliphatic carbocycles. The Hall–Kier alpha value is -2.70. The first-order chi connectivity index (χ1) is 10.8. The zero-order valence-electron chi connectivity index (χ0n) is 12.3. The molecule has 0 saturated carbocycles. The normalized spacial score (nSPS) is 18.0. The van der Waals surface area contributed by atoms with Crippen molar-refractivity contribution in [3.63, 3.8) is 0 Å². The molecule has 0 amide bonds. The molecule has 7 heteroatoms. The van der Waals surface area contributed by atoms with Crippen LogP contribution in [0.15, 0.2) is 36.4 Å². The summed E-state index contributed by atoms with van der Waals surface area (Å²) in [4.78, 5) is 2.31. The summed E-state index contributed by atoms with van der Waals surface area (Å²) in [6.45, 7) is 0.983. The minimum absolute atomic E-state index is 0.326. The number of nitrogens with zero attached hydrogens (tertiary/aromatic N) is 6. The van der Waals surface area contributed by atoms with Gasteiger partial charge >= 0.3 is 0 Å². The molecular formula is C15H16N6O. The molecule has 0 N–H and O–H groups in total. The Labute approximate surface area is 127 Å². The number of anilines is 1. The van der Waals surface area contributed by atoms with Crippen molar-refractivity contribution in [1.82, 2.24) is 25.3 Å². The summed E-state index contributed by atoms with van der Waals surface area (Å²) in [6, 6.07) is 12.5. The molecule has 4 rings (SSSR count). The number of rotatable bonds is 3. The largest absolute Gasteiger partial charge is 0.497 e. The predicted molar refractivity (Wildman–Crippen MR) is 80.9 cm³/mol. The van der Waals surface area contributed by atoms with Crippen LogP contribution in [-0.2, 0) is 0 Å². The Kier molecular flexibility index (Phi) is 3.10. The number of aromatic nitrogens is 5. The zero-order valence-corrected chi connectivity index (χ0v) is 12.3. The number of hydrogen-bond acceptors (Lipinski definition) is 6. The van der Waals surface area contributed by atoms with Crippen LogP contribution < -0.4 is 9.64 Å². The first kappa shape index (κ1) is 13.0. The highest BCUT2D eigenvalue weighted by Crippen LogP contribution is 2.35. The second kappa shape index (κ2) is 5.25. The van der Waals surface area contributed by atoms with Crippen molar-refractivity contribution < 1.29 is 4.74 Å². The van der Waals surface area contributed by atoms with Crippen LogP contribution in [0.1, 0.15) is 24.4 Å². The van der Waals surface area contributed by atoms with Crippen LogP contribution in [0.3, 0.4) is 0 Å². The molecule has 3 aromatic rings. The molecule has 1 aromatic carbocycles. The van der Waals surface area contributed by atoms with Crippen molar-refractivity contribution >= 4 is 11.5 Å². The topological polar surface area (TPSA) is 68.4 Å². The Morgan fingerprint density at radius 2 is 2.00 bits per heavy atom. The quantitative estimate of drug-likeness (QED) is 0.735. The van der Waals surface area contributed by atoms with Gasteiger partial charge in [0.2, 0.25) is 0 Å². The van der Waals surface area contributed by atoms with Crippen LogP contribution in [0.4, 0.5) is 5.82 Å². The fraction of sp³-hybridized carbons (Fsp3) is 0.333. The summed E-state index contributed by atoms with van der Waals surface area (Å²) < 4.78 is 6.70. The lowest BCUT2D eigenvalue weighted by molar-refractivity contribution is 0.414. The highest BCUT2D eigenvalue weighted by atomic mass is 16.5. The smallest absolute Gasteiger partial charge is 0.200 e. The van der Waals surface area contributed by atoms with Crippen LogP contribution in [0.5, 0.6) is 5.75 Å². The van der Waals surface area contributed by atoms with E-state index in [9.17, 15) is 0 Å². The lowest BCUT2D eigenvalue weighted by atomic mass is 10.0. The molecule has 2 aromatic heterocycles. The standard InChI is InChI=1S/C15H16N6O/c1-22-12-6-4-11(5-7-12)13-3-2-10-20(13)15-9-8-14-16-18-19-21(14)17-15/h4-9,13H,2-3,10H2,1H3/t13-/m1/s1. The number of tetrazole rings is 1. The van der Waals surface area contributed by atoms with Crippen molar-refractivity contribution in [2.45, 2.75) is 18.9 Å². The molecule has 1 atom stereocenters. The Balaban J connectivity index is 1.67. The SMILES string of the molecule is COc1ccc([C@H]2CCCN2c2ccc3nnnn3n2)cc1. The average molecular weight is 296 g/mol. The van der Waals surface area contributed by atoms with Gasteiger partial charge in [-0.15, -0.1) is 14.8 Å². The van der Waals surface area contributed by atoms with Gasteiger partial charge in [0.15, 0.2) is 11.5 Å². The van der Waals surface area contributed by atoms with Gasteiger partial charge in [0.05, 0.1) is 13.2 Å². The van der Waals surface area contributed by atoms with E-state index in [-0.39, 0.29) is 0 Å². The van der Waals surface area contributed by atoms with Crippen LogP contribution in [0.25, 0.3) is 5.65 Å². The monoisotopic (exact) mass is 296 g/mol. The maximum Gasteiger partial charge on any atom is 0.200 e. The Morgan fingerprint density at radius 3 is 2.82 bits per heavy atom. The number of benzene rings is 1. The molecule has 112 valence electrons. The van der Waals surface area contributed by atoms with E-state index >= 15 is 0 Å². The molecule has 0 spiro atoms. The third kappa shape index (κ3) is 2.14. The molecule has 3 heterocycles. The summed E-state index contributed by atoms with van der Waals surface area (Å²) in [6.07, 6.45) is 2.26. The first-order valence-corrected chi connectivity index (χ1v) is 7.31. The number of hydrogen-bond donors (Lipinski definition) is 0. The maximum absolute atomic E-state index is 5.23. The van der Waals surface area contributed by atoms with Crippen molar-refractivity contribution in [3.8, 4) is 5.75 Å². The molecule has 0 unspecified atom stereocenters. The minimum Gasteiger partial charge on any atom is -0.497 e. The molecule has 0 radical (unpaired) electrons. The second-order valence-electron chi connectivity index (χ2n) is 5.34. The van der Waals surface area contributed by atoms with E-state index in [4.69, 9.17) is 4.74 Å². The van der Waals surface area contributed by atoms with Gasteiger partial charge < -0.3 is 9.64 Å². The van der Waals surface area contributed by atoms with Gasteiger partial charge in [0.1, 0.15) is 5.75 Å². The van der Waals surface area contributed by atoms with Gasteiger partial charge in [0, 0.05) is 6.54 Å². The van der Waals surface area contributed by atoms with E-state index in [1.165, 1.54) is 10.2 Å². The van der Waals surface area contributed by atoms with Gasteiger partial charge in [0.25, 0.3) is 0 Å². The first-order valence-electron chi connectivity index (χ1n) is 7.31. The molecule has 7 nitrogen and oxygen atoms in total. The van der Waals surface area contributed by atoms with Crippen molar-refractivity contribution in [2.24, 2.45) is 0 Å². The molecule has 0 bridgehead atoms. The van der Waals surface area contributed by atoms with Gasteiger partial charge in [-0.25, -0.2) is 0 Å². The van der Waals surface area contributed by atoms with E-state index in [2.05, 4.69) is 37.7 Å². The van der Waals surface area contributed by atoms with Gasteiger partial charge in [-0.05, 0) is 53.1 Å². The van der Waals surface area contributed by atoms with E-state index in [0.717, 1.165) is 31.0 Å². The van der Waals surface area contributed by atoms with E-state index in [1.54, 1.807) is 7.11 Å². The summed E-state index contributed by atoms with van der Waals surface area (Å²) in [5.74, 6) is 1.78. The fourth-order valence-corrected chi connectivity index (χ4v) is 3.01. The van der Waals surface area contributed by atoms with Crippen molar-refractivity contribution in [3.05, 3.63) is 42.0 Å². The summed E-state index contributed by atoms with van der Waals surface area (Å²) in [5, 5.41) is 15.9. The molecule has 1 fully saturated rings. The van der Waals surface area contributed by atoms with Gasteiger partial charge in [-0.3, -0.25) is 0 Å². The molecule has 1 aliphatic heterocycles. The van der Waals surface area contributed by atoms with Crippen LogP contribution in [0, 0.1) is 0 Å². The average Bonchev–Trinajstić information content (AvgIpc) is 3.23. The fourth-order valence-electron chi connectivity index (χ4n) is 3.01. The van der Waals surface area contributed by atoms with E-state index < -0.39 is 0 Å². The van der Waals surface area contributed by atoms with Gasteiger partial charge in [-0.2, -0.15) is 0 Å². The van der Waals surface area contributed by atoms with Crippen molar-refractivity contribution in [2.75, 3.05) is 18.6 Å². The third-order valence-corrected chi connectivity index (χ3v) is 4.10.